The Labute approximate surface area is 159 Å². The number of carbonyl (C=O) groups excluding carboxylic acids is 2. The maximum atomic E-state index is 12.7. The minimum atomic E-state index is -0.151. The first-order chi connectivity index (χ1) is 13.1. The number of Topliss-reactive ketones (excluding diaryl/α,β-unsaturated/α-hetero) is 1. The van der Waals surface area contributed by atoms with E-state index in [1.165, 1.54) is 0 Å². The van der Waals surface area contributed by atoms with Crippen molar-refractivity contribution in [2.24, 2.45) is 5.92 Å². The Balaban J connectivity index is 1.45. The number of rotatable bonds is 7. The highest BCUT2D eigenvalue weighted by atomic mass is 16.5. The van der Waals surface area contributed by atoms with Crippen LogP contribution in [0.15, 0.2) is 47.1 Å². The normalized spacial score (nSPS) is 16.7. The second-order valence-electron chi connectivity index (χ2n) is 6.95. The van der Waals surface area contributed by atoms with Crippen molar-refractivity contribution in [3.63, 3.8) is 0 Å². The molecular formula is C21H26N2O4. The van der Waals surface area contributed by atoms with Gasteiger partial charge < -0.3 is 14.5 Å². The summed E-state index contributed by atoms with van der Waals surface area (Å²) in [4.78, 5) is 27.0. The molecule has 1 aliphatic heterocycles. The molecule has 0 radical (unpaired) electrons. The molecule has 0 bridgehead atoms. The summed E-state index contributed by atoms with van der Waals surface area (Å²) in [5.74, 6) is 1.65. The summed E-state index contributed by atoms with van der Waals surface area (Å²) in [6.07, 6.45) is 3.14. The van der Waals surface area contributed by atoms with Gasteiger partial charge in [0.15, 0.2) is 5.78 Å². The van der Waals surface area contributed by atoms with Crippen LogP contribution in [-0.4, -0.2) is 43.3 Å². The van der Waals surface area contributed by atoms with Crippen LogP contribution >= 0.6 is 0 Å². The largest absolute Gasteiger partial charge is 0.497 e. The minimum absolute atomic E-state index is 0.0137. The number of hydrogen-bond donors (Lipinski definition) is 1. The lowest BCUT2D eigenvalue weighted by atomic mass is 9.89. The number of piperidine rings is 1. The fourth-order valence-electron chi connectivity index (χ4n) is 3.44. The molecule has 0 saturated carbocycles. The van der Waals surface area contributed by atoms with Crippen molar-refractivity contribution < 1.29 is 18.7 Å². The lowest BCUT2D eigenvalue weighted by molar-refractivity contribution is -0.123. The Bertz CT molecular complexity index is 747. The lowest BCUT2D eigenvalue weighted by Gasteiger charge is -2.31. The standard InChI is InChI=1S/C21H26N2O4/c1-15(19-4-3-13-27-19)22-20(24)14-23-11-9-17(10-12-23)21(25)16-5-7-18(26-2)8-6-16/h3-8,13,15,17H,9-12,14H2,1-2H3,(H,22,24). The van der Waals surface area contributed by atoms with Gasteiger partial charge in [0.1, 0.15) is 11.5 Å². The molecule has 1 unspecified atom stereocenters. The molecule has 1 aromatic carbocycles. The summed E-state index contributed by atoms with van der Waals surface area (Å²) in [5, 5.41) is 2.95. The number of amides is 1. The zero-order chi connectivity index (χ0) is 19.2. The Hall–Kier alpha value is -2.60. The Morgan fingerprint density at radius 1 is 1.22 bits per heavy atom. The van der Waals surface area contributed by atoms with Gasteiger partial charge in [-0.05, 0) is 69.3 Å². The van der Waals surface area contributed by atoms with E-state index in [9.17, 15) is 9.59 Å². The molecule has 0 spiro atoms. The average molecular weight is 370 g/mol. The molecule has 1 aromatic heterocycles. The predicted molar refractivity (Wildman–Crippen MR) is 102 cm³/mol. The SMILES string of the molecule is COc1ccc(C(=O)C2CCN(CC(=O)NC(C)c3ccco3)CC2)cc1. The van der Waals surface area contributed by atoms with E-state index in [2.05, 4.69) is 10.2 Å². The van der Waals surface area contributed by atoms with Crippen molar-refractivity contribution in [2.45, 2.75) is 25.8 Å². The summed E-state index contributed by atoms with van der Waals surface area (Å²) in [7, 11) is 1.61. The lowest BCUT2D eigenvalue weighted by Crippen LogP contribution is -2.43. The van der Waals surface area contributed by atoms with Crippen molar-refractivity contribution in [1.82, 2.24) is 10.2 Å². The van der Waals surface area contributed by atoms with Gasteiger partial charge in [0.25, 0.3) is 0 Å². The Morgan fingerprint density at radius 2 is 1.93 bits per heavy atom. The van der Waals surface area contributed by atoms with Gasteiger partial charge in [-0.1, -0.05) is 0 Å². The maximum Gasteiger partial charge on any atom is 0.234 e. The van der Waals surface area contributed by atoms with E-state index in [0.29, 0.717) is 6.54 Å². The first-order valence-corrected chi connectivity index (χ1v) is 9.30. The van der Waals surface area contributed by atoms with Crippen LogP contribution in [0.1, 0.15) is 41.9 Å². The van der Waals surface area contributed by atoms with Gasteiger partial charge in [-0.25, -0.2) is 0 Å². The molecule has 1 N–H and O–H groups in total. The van der Waals surface area contributed by atoms with Crippen LogP contribution in [0.5, 0.6) is 5.75 Å². The third kappa shape index (κ3) is 4.98. The molecule has 1 atom stereocenters. The maximum absolute atomic E-state index is 12.7. The van der Waals surface area contributed by atoms with Crippen molar-refractivity contribution in [2.75, 3.05) is 26.7 Å². The summed E-state index contributed by atoms with van der Waals surface area (Å²) in [6.45, 7) is 3.73. The number of benzene rings is 1. The number of carbonyl (C=O) groups is 2. The molecular weight excluding hydrogens is 344 g/mol. The monoisotopic (exact) mass is 370 g/mol. The third-order valence-corrected chi connectivity index (χ3v) is 5.05. The Morgan fingerprint density at radius 3 is 2.52 bits per heavy atom. The second kappa shape index (κ2) is 8.86. The zero-order valence-electron chi connectivity index (χ0n) is 15.8. The highest BCUT2D eigenvalue weighted by Gasteiger charge is 2.27. The van der Waals surface area contributed by atoms with Crippen LogP contribution in [0.3, 0.4) is 0 Å². The zero-order valence-corrected chi connectivity index (χ0v) is 15.8. The van der Waals surface area contributed by atoms with E-state index in [-0.39, 0.29) is 23.7 Å². The highest BCUT2D eigenvalue weighted by molar-refractivity contribution is 5.98. The molecule has 6 nitrogen and oxygen atoms in total. The number of likely N-dealkylation sites (tertiary alicyclic amines) is 1. The first-order valence-electron chi connectivity index (χ1n) is 9.30. The topological polar surface area (TPSA) is 71.8 Å². The number of methoxy groups -OCH3 is 1. The number of ether oxygens (including phenoxy) is 1. The number of ketones is 1. The highest BCUT2D eigenvalue weighted by Crippen LogP contribution is 2.23. The Kier molecular flexibility index (Phi) is 6.29. The molecule has 1 amide bonds. The number of nitrogens with one attached hydrogen (secondary N) is 1. The molecule has 6 heteroatoms. The van der Waals surface area contributed by atoms with Crippen LogP contribution < -0.4 is 10.1 Å². The van der Waals surface area contributed by atoms with E-state index in [0.717, 1.165) is 43.0 Å². The van der Waals surface area contributed by atoms with Crippen molar-refractivity contribution in [3.8, 4) is 5.75 Å². The van der Waals surface area contributed by atoms with E-state index in [1.54, 1.807) is 13.4 Å². The molecule has 2 aromatic rings. The molecule has 1 fully saturated rings. The van der Waals surface area contributed by atoms with Crippen LogP contribution in [0.4, 0.5) is 0 Å². The van der Waals surface area contributed by atoms with Crippen LogP contribution in [0, 0.1) is 5.92 Å². The number of furan rings is 1. The van der Waals surface area contributed by atoms with Crippen molar-refractivity contribution in [1.29, 1.82) is 0 Å². The second-order valence-corrected chi connectivity index (χ2v) is 6.95. The van der Waals surface area contributed by atoms with E-state index >= 15 is 0 Å². The van der Waals surface area contributed by atoms with E-state index < -0.39 is 0 Å². The summed E-state index contributed by atoms with van der Waals surface area (Å²) >= 11 is 0. The van der Waals surface area contributed by atoms with Crippen molar-refractivity contribution in [3.05, 3.63) is 54.0 Å². The quantitative estimate of drug-likeness (QED) is 0.759. The molecule has 27 heavy (non-hydrogen) atoms. The molecule has 2 heterocycles. The minimum Gasteiger partial charge on any atom is -0.497 e. The van der Waals surface area contributed by atoms with Gasteiger partial charge in [-0.15, -0.1) is 0 Å². The number of nitrogens with zero attached hydrogens (tertiary/aromatic N) is 1. The summed E-state index contributed by atoms with van der Waals surface area (Å²) in [6, 6.07) is 10.8. The fraction of sp³-hybridized carbons (Fsp3) is 0.429. The van der Waals surface area contributed by atoms with Crippen LogP contribution in [0.2, 0.25) is 0 Å². The summed E-state index contributed by atoms with van der Waals surface area (Å²) < 4.78 is 10.4. The molecule has 144 valence electrons. The van der Waals surface area contributed by atoms with Gasteiger partial charge >= 0.3 is 0 Å². The van der Waals surface area contributed by atoms with Gasteiger partial charge in [-0.3, -0.25) is 14.5 Å². The van der Waals surface area contributed by atoms with Crippen LogP contribution in [0.25, 0.3) is 0 Å². The number of hydrogen-bond acceptors (Lipinski definition) is 5. The smallest absolute Gasteiger partial charge is 0.234 e. The van der Waals surface area contributed by atoms with E-state index in [1.807, 2.05) is 43.3 Å². The molecule has 1 saturated heterocycles. The average Bonchev–Trinajstić information content (AvgIpc) is 3.23. The van der Waals surface area contributed by atoms with Gasteiger partial charge in [0.2, 0.25) is 5.91 Å². The third-order valence-electron chi connectivity index (χ3n) is 5.05. The molecule has 3 rings (SSSR count). The van der Waals surface area contributed by atoms with E-state index in [4.69, 9.17) is 9.15 Å². The van der Waals surface area contributed by atoms with Gasteiger partial charge in [0.05, 0.1) is 26.0 Å². The first kappa shape index (κ1) is 19.2. The van der Waals surface area contributed by atoms with Gasteiger partial charge in [0, 0.05) is 11.5 Å². The van der Waals surface area contributed by atoms with Gasteiger partial charge in [-0.2, -0.15) is 0 Å². The van der Waals surface area contributed by atoms with Crippen LogP contribution in [-0.2, 0) is 4.79 Å². The molecule has 1 aliphatic rings. The fourth-order valence-corrected chi connectivity index (χ4v) is 3.44. The summed E-state index contributed by atoms with van der Waals surface area (Å²) in [5.41, 5.74) is 0.722. The predicted octanol–water partition coefficient (Wildman–Crippen LogP) is 3.06. The molecule has 0 aliphatic carbocycles. The van der Waals surface area contributed by atoms with Crippen molar-refractivity contribution >= 4 is 11.7 Å².